The lowest BCUT2D eigenvalue weighted by atomic mass is 10.3. The van der Waals surface area contributed by atoms with Gasteiger partial charge >= 0.3 is 0 Å². The standard InChI is InChI=1S/C13H18N2O2/c1-15(8-10-6-7-10)13(16)9-17-12-5-3-2-4-11(12)14/h2-5,10H,6-9,14H2,1H3. The maximum absolute atomic E-state index is 11.8. The molecule has 1 amide bonds. The van der Waals surface area contributed by atoms with Crippen LogP contribution in [0.5, 0.6) is 5.75 Å². The third-order valence-corrected chi connectivity index (χ3v) is 2.92. The summed E-state index contributed by atoms with van der Waals surface area (Å²) in [7, 11) is 1.82. The smallest absolute Gasteiger partial charge is 0.260 e. The number of likely N-dealkylation sites (N-methyl/N-ethyl adjacent to an activating group) is 1. The average molecular weight is 234 g/mol. The first-order valence-corrected chi connectivity index (χ1v) is 5.88. The highest BCUT2D eigenvalue weighted by Crippen LogP contribution is 2.29. The molecule has 1 aromatic carbocycles. The van der Waals surface area contributed by atoms with Crippen molar-refractivity contribution in [1.29, 1.82) is 0 Å². The molecule has 92 valence electrons. The van der Waals surface area contributed by atoms with Gasteiger partial charge in [-0.15, -0.1) is 0 Å². The summed E-state index contributed by atoms with van der Waals surface area (Å²) in [6.45, 7) is 0.893. The van der Waals surface area contributed by atoms with Crippen molar-refractivity contribution in [2.24, 2.45) is 5.92 Å². The van der Waals surface area contributed by atoms with E-state index in [1.165, 1.54) is 12.8 Å². The first kappa shape index (κ1) is 11.8. The number of benzene rings is 1. The molecule has 0 spiro atoms. The zero-order chi connectivity index (χ0) is 12.3. The van der Waals surface area contributed by atoms with Crippen molar-refractivity contribution in [2.45, 2.75) is 12.8 Å². The molecule has 1 aromatic rings. The van der Waals surface area contributed by atoms with Crippen molar-refractivity contribution in [1.82, 2.24) is 4.90 Å². The third-order valence-electron chi connectivity index (χ3n) is 2.92. The molecule has 0 aliphatic heterocycles. The van der Waals surface area contributed by atoms with Gasteiger partial charge in [0.1, 0.15) is 5.75 Å². The fraction of sp³-hybridized carbons (Fsp3) is 0.462. The lowest BCUT2D eigenvalue weighted by Crippen LogP contribution is -2.33. The Hall–Kier alpha value is -1.71. The third kappa shape index (κ3) is 3.37. The number of anilines is 1. The van der Waals surface area contributed by atoms with Crippen molar-refractivity contribution in [2.75, 3.05) is 25.9 Å². The maximum atomic E-state index is 11.8. The van der Waals surface area contributed by atoms with E-state index in [4.69, 9.17) is 10.5 Å². The number of carbonyl (C=O) groups excluding carboxylic acids is 1. The minimum Gasteiger partial charge on any atom is -0.482 e. The molecule has 4 heteroatoms. The highest BCUT2D eigenvalue weighted by Gasteiger charge is 2.24. The molecule has 0 heterocycles. The van der Waals surface area contributed by atoms with Crippen molar-refractivity contribution < 1.29 is 9.53 Å². The number of hydrogen-bond donors (Lipinski definition) is 1. The Morgan fingerprint density at radius 1 is 1.47 bits per heavy atom. The molecular formula is C13H18N2O2. The summed E-state index contributed by atoms with van der Waals surface area (Å²) < 4.78 is 5.41. The van der Waals surface area contributed by atoms with Gasteiger partial charge in [0.05, 0.1) is 5.69 Å². The Morgan fingerprint density at radius 2 is 2.18 bits per heavy atom. The molecule has 1 aliphatic carbocycles. The second-order valence-corrected chi connectivity index (χ2v) is 4.54. The highest BCUT2D eigenvalue weighted by molar-refractivity contribution is 5.77. The van der Waals surface area contributed by atoms with Crippen LogP contribution in [0.15, 0.2) is 24.3 Å². The molecule has 4 nitrogen and oxygen atoms in total. The number of ether oxygens (including phenoxy) is 1. The summed E-state index contributed by atoms with van der Waals surface area (Å²) in [6, 6.07) is 7.20. The topological polar surface area (TPSA) is 55.6 Å². The van der Waals surface area contributed by atoms with Crippen molar-refractivity contribution >= 4 is 11.6 Å². The summed E-state index contributed by atoms with van der Waals surface area (Å²) in [4.78, 5) is 13.5. The largest absolute Gasteiger partial charge is 0.482 e. The van der Waals surface area contributed by atoms with Gasteiger partial charge in [-0.05, 0) is 30.9 Å². The molecule has 0 aromatic heterocycles. The summed E-state index contributed by atoms with van der Waals surface area (Å²) in [5.74, 6) is 1.27. The molecule has 1 saturated carbocycles. The summed E-state index contributed by atoms with van der Waals surface area (Å²) in [5.41, 5.74) is 6.28. The van der Waals surface area contributed by atoms with Gasteiger partial charge in [-0.25, -0.2) is 0 Å². The number of nitrogen functional groups attached to an aromatic ring is 1. The van der Waals surface area contributed by atoms with Crippen LogP contribution in [0, 0.1) is 5.92 Å². The Balaban J connectivity index is 1.80. The zero-order valence-electron chi connectivity index (χ0n) is 10.1. The van der Waals surface area contributed by atoms with Crippen LogP contribution in [0.4, 0.5) is 5.69 Å². The van der Waals surface area contributed by atoms with Crippen LogP contribution in [-0.2, 0) is 4.79 Å². The quantitative estimate of drug-likeness (QED) is 0.786. The van der Waals surface area contributed by atoms with Gasteiger partial charge < -0.3 is 15.4 Å². The zero-order valence-corrected chi connectivity index (χ0v) is 10.1. The van der Waals surface area contributed by atoms with E-state index in [0.29, 0.717) is 17.4 Å². The van der Waals surface area contributed by atoms with Crippen molar-refractivity contribution in [3.63, 3.8) is 0 Å². The van der Waals surface area contributed by atoms with E-state index in [2.05, 4.69) is 0 Å². The van der Waals surface area contributed by atoms with Crippen LogP contribution in [0.2, 0.25) is 0 Å². The number of hydrogen-bond acceptors (Lipinski definition) is 3. The lowest BCUT2D eigenvalue weighted by Gasteiger charge is -2.17. The predicted molar refractivity (Wildman–Crippen MR) is 66.7 cm³/mol. The summed E-state index contributed by atoms with van der Waals surface area (Å²) >= 11 is 0. The highest BCUT2D eigenvalue weighted by atomic mass is 16.5. The Bertz CT molecular complexity index is 402. The van der Waals surface area contributed by atoms with E-state index in [-0.39, 0.29) is 12.5 Å². The van der Waals surface area contributed by atoms with Gasteiger partial charge in [-0.2, -0.15) is 0 Å². The Morgan fingerprint density at radius 3 is 2.82 bits per heavy atom. The van der Waals surface area contributed by atoms with Crippen molar-refractivity contribution in [3.8, 4) is 5.75 Å². The Labute approximate surface area is 101 Å². The molecule has 0 radical (unpaired) electrons. The van der Waals surface area contributed by atoms with E-state index >= 15 is 0 Å². The molecule has 2 N–H and O–H groups in total. The maximum Gasteiger partial charge on any atom is 0.260 e. The molecule has 0 atom stereocenters. The molecule has 1 fully saturated rings. The molecule has 2 rings (SSSR count). The minimum atomic E-state index is 0.000142. The van der Waals surface area contributed by atoms with E-state index in [9.17, 15) is 4.79 Å². The molecular weight excluding hydrogens is 216 g/mol. The van der Waals surface area contributed by atoms with Gasteiger partial charge in [-0.1, -0.05) is 12.1 Å². The van der Waals surface area contributed by atoms with Gasteiger partial charge in [0.2, 0.25) is 0 Å². The number of rotatable bonds is 5. The summed E-state index contributed by atoms with van der Waals surface area (Å²) in [5, 5.41) is 0. The van der Waals surface area contributed by atoms with Gasteiger partial charge in [0.15, 0.2) is 6.61 Å². The second-order valence-electron chi connectivity index (χ2n) is 4.54. The van der Waals surface area contributed by atoms with Crippen LogP contribution >= 0.6 is 0 Å². The van der Waals surface area contributed by atoms with Crippen LogP contribution in [-0.4, -0.2) is 31.0 Å². The monoisotopic (exact) mass is 234 g/mol. The molecule has 1 aliphatic rings. The number of amides is 1. The normalized spacial score (nSPS) is 14.4. The fourth-order valence-electron chi connectivity index (χ4n) is 1.65. The van der Waals surface area contributed by atoms with E-state index in [1.807, 2.05) is 19.2 Å². The van der Waals surface area contributed by atoms with Crippen LogP contribution < -0.4 is 10.5 Å². The van der Waals surface area contributed by atoms with Gasteiger partial charge in [-0.3, -0.25) is 4.79 Å². The second kappa shape index (κ2) is 5.08. The molecule has 0 saturated heterocycles. The van der Waals surface area contributed by atoms with E-state index in [0.717, 1.165) is 6.54 Å². The lowest BCUT2D eigenvalue weighted by molar-refractivity contribution is -0.132. The van der Waals surface area contributed by atoms with Crippen LogP contribution in [0.1, 0.15) is 12.8 Å². The van der Waals surface area contributed by atoms with Gasteiger partial charge in [0.25, 0.3) is 5.91 Å². The molecule has 0 unspecified atom stereocenters. The van der Waals surface area contributed by atoms with E-state index < -0.39 is 0 Å². The molecule has 17 heavy (non-hydrogen) atoms. The van der Waals surface area contributed by atoms with Crippen molar-refractivity contribution in [3.05, 3.63) is 24.3 Å². The first-order chi connectivity index (χ1) is 8.16. The van der Waals surface area contributed by atoms with Gasteiger partial charge in [0, 0.05) is 13.6 Å². The van der Waals surface area contributed by atoms with E-state index in [1.54, 1.807) is 17.0 Å². The number of carbonyl (C=O) groups is 1. The molecule has 0 bridgehead atoms. The Kier molecular flexibility index (Phi) is 3.52. The van der Waals surface area contributed by atoms with Crippen LogP contribution in [0.25, 0.3) is 0 Å². The number of para-hydroxylation sites is 2. The predicted octanol–water partition coefficient (Wildman–Crippen LogP) is 1.52. The minimum absolute atomic E-state index is 0.000142. The SMILES string of the molecule is CN(CC1CC1)C(=O)COc1ccccc1N. The fourth-order valence-corrected chi connectivity index (χ4v) is 1.65. The number of nitrogens with two attached hydrogens (primary N) is 1. The summed E-state index contributed by atoms with van der Waals surface area (Å²) in [6.07, 6.45) is 2.48. The van der Waals surface area contributed by atoms with Crippen LogP contribution in [0.3, 0.4) is 0 Å². The first-order valence-electron chi connectivity index (χ1n) is 5.88. The average Bonchev–Trinajstić information content (AvgIpc) is 3.11. The number of nitrogens with zero attached hydrogens (tertiary/aromatic N) is 1.